The molecule has 0 radical (unpaired) electrons. The monoisotopic (exact) mass is 396 g/mol. The van der Waals surface area contributed by atoms with E-state index in [2.05, 4.69) is 50.2 Å². The fourth-order valence-electron chi connectivity index (χ4n) is 2.56. The average molecular weight is 396 g/mol. The second-order valence-corrected chi connectivity index (χ2v) is 6.11. The predicted octanol–water partition coefficient (Wildman–Crippen LogP) is 2.69. The van der Waals surface area contributed by atoms with Gasteiger partial charge in [0.2, 0.25) is 0 Å². The van der Waals surface area contributed by atoms with Crippen molar-refractivity contribution in [3.8, 4) is 0 Å². The first-order valence-electron chi connectivity index (χ1n) is 7.81. The van der Waals surface area contributed by atoms with Gasteiger partial charge in [0.1, 0.15) is 0 Å². The highest BCUT2D eigenvalue weighted by Gasteiger charge is 2.20. The maximum atomic E-state index is 4.71. The van der Waals surface area contributed by atoms with Crippen molar-refractivity contribution in [3.05, 3.63) is 0 Å². The summed E-state index contributed by atoms with van der Waals surface area (Å²) in [4.78, 5) is 7.29. The summed E-state index contributed by atoms with van der Waals surface area (Å²) in [6, 6.07) is 0.952. The molecule has 0 bridgehead atoms. The molecule has 1 rings (SSSR count). The fourth-order valence-corrected chi connectivity index (χ4v) is 2.56. The smallest absolute Gasteiger partial charge is 0.191 e. The molecular weight excluding hydrogens is 363 g/mol. The molecule has 20 heavy (non-hydrogen) atoms. The Kier molecular flexibility index (Phi) is 10.6. The normalized spacial score (nSPS) is 22.3. The first-order chi connectivity index (χ1) is 9.02. The highest BCUT2D eigenvalue weighted by molar-refractivity contribution is 14.0. The number of hydrogen-bond donors (Lipinski definition) is 2. The summed E-state index contributed by atoms with van der Waals surface area (Å²) < 4.78 is 0. The van der Waals surface area contributed by atoms with Crippen molar-refractivity contribution < 1.29 is 0 Å². The Morgan fingerprint density at radius 3 is 2.60 bits per heavy atom. The van der Waals surface area contributed by atoms with Crippen molar-refractivity contribution in [1.82, 2.24) is 15.5 Å². The van der Waals surface area contributed by atoms with Gasteiger partial charge in [0.15, 0.2) is 5.96 Å². The molecule has 4 nitrogen and oxygen atoms in total. The summed E-state index contributed by atoms with van der Waals surface area (Å²) in [5, 5.41) is 6.67. The van der Waals surface area contributed by atoms with Gasteiger partial charge in [0, 0.05) is 25.2 Å². The third kappa shape index (κ3) is 7.67. The predicted molar refractivity (Wildman–Crippen MR) is 99.1 cm³/mol. The largest absolute Gasteiger partial charge is 0.357 e. The summed E-state index contributed by atoms with van der Waals surface area (Å²) in [5.41, 5.74) is 0. The van der Waals surface area contributed by atoms with Crippen LogP contribution in [0.4, 0.5) is 0 Å². The maximum absolute atomic E-state index is 4.71. The SMILES string of the molecule is CCNC(=NCC(C)N1CCCC(C)C1)NC(C)C.I. The first kappa shape index (κ1) is 20.0. The van der Waals surface area contributed by atoms with Crippen molar-refractivity contribution >= 4 is 29.9 Å². The first-order valence-corrected chi connectivity index (χ1v) is 7.81. The lowest BCUT2D eigenvalue weighted by Gasteiger charge is -2.35. The number of piperidine rings is 1. The molecule has 1 aliphatic rings. The number of rotatable bonds is 5. The Balaban J connectivity index is 0.00000361. The number of guanidine groups is 1. The zero-order valence-corrected chi connectivity index (χ0v) is 16.1. The van der Waals surface area contributed by atoms with Crippen molar-refractivity contribution in [2.45, 2.75) is 59.5 Å². The Bertz CT molecular complexity index is 281. The number of likely N-dealkylation sites (tertiary alicyclic amines) is 1. The molecule has 2 atom stereocenters. The molecule has 0 aromatic rings. The molecular formula is C15H33IN4. The third-order valence-electron chi connectivity index (χ3n) is 3.60. The minimum Gasteiger partial charge on any atom is -0.357 e. The Labute approximate surface area is 142 Å². The second kappa shape index (κ2) is 10.7. The maximum Gasteiger partial charge on any atom is 0.191 e. The van der Waals surface area contributed by atoms with Crippen LogP contribution in [0.2, 0.25) is 0 Å². The number of nitrogens with one attached hydrogen (secondary N) is 2. The molecule has 0 amide bonds. The van der Waals surface area contributed by atoms with Crippen LogP contribution in [0.25, 0.3) is 0 Å². The van der Waals surface area contributed by atoms with E-state index >= 15 is 0 Å². The molecule has 1 fully saturated rings. The van der Waals surface area contributed by atoms with Crippen LogP contribution in [0.15, 0.2) is 4.99 Å². The van der Waals surface area contributed by atoms with Crippen LogP contribution >= 0.6 is 24.0 Å². The molecule has 0 aromatic heterocycles. The zero-order valence-electron chi connectivity index (χ0n) is 13.8. The summed E-state index contributed by atoms with van der Waals surface area (Å²) in [5.74, 6) is 1.77. The number of nitrogens with zero attached hydrogens (tertiary/aromatic N) is 2. The van der Waals surface area contributed by atoms with E-state index in [0.29, 0.717) is 12.1 Å². The van der Waals surface area contributed by atoms with E-state index in [4.69, 9.17) is 4.99 Å². The van der Waals surface area contributed by atoms with Gasteiger partial charge in [-0.05, 0) is 53.0 Å². The molecule has 0 spiro atoms. The quantitative estimate of drug-likeness (QED) is 0.427. The lowest BCUT2D eigenvalue weighted by Crippen LogP contribution is -2.44. The molecule has 2 unspecified atom stereocenters. The molecule has 5 heteroatoms. The van der Waals surface area contributed by atoms with Crippen molar-refractivity contribution in [2.24, 2.45) is 10.9 Å². The van der Waals surface area contributed by atoms with E-state index in [1.54, 1.807) is 0 Å². The Morgan fingerprint density at radius 2 is 2.05 bits per heavy atom. The van der Waals surface area contributed by atoms with Gasteiger partial charge in [-0.2, -0.15) is 0 Å². The van der Waals surface area contributed by atoms with Crippen molar-refractivity contribution in [1.29, 1.82) is 0 Å². The minimum absolute atomic E-state index is 0. The van der Waals surface area contributed by atoms with E-state index in [9.17, 15) is 0 Å². The average Bonchev–Trinajstić information content (AvgIpc) is 2.35. The van der Waals surface area contributed by atoms with Crippen LogP contribution in [0.1, 0.15) is 47.5 Å². The van der Waals surface area contributed by atoms with Crippen LogP contribution in [-0.4, -0.2) is 49.1 Å². The summed E-state index contributed by atoms with van der Waals surface area (Å²) in [7, 11) is 0. The van der Waals surface area contributed by atoms with E-state index in [1.165, 1.54) is 25.9 Å². The van der Waals surface area contributed by atoms with Crippen LogP contribution in [0.5, 0.6) is 0 Å². The third-order valence-corrected chi connectivity index (χ3v) is 3.60. The van der Waals surface area contributed by atoms with E-state index in [0.717, 1.165) is 25.0 Å². The number of aliphatic imine (C=N–C) groups is 1. The molecule has 0 aromatic carbocycles. The fraction of sp³-hybridized carbons (Fsp3) is 0.933. The van der Waals surface area contributed by atoms with Crippen molar-refractivity contribution in [2.75, 3.05) is 26.2 Å². The topological polar surface area (TPSA) is 39.7 Å². The van der Waals surface area contributed by atoms with Gasteiger partial charge in [-0.25, -0.2) is 0 Å². The summed E-state index contributed by atoms with van der Waals surface area (Å²) in [6.45, 7) is 15.3. The standard InChI is InChI=1S/C15H32N4.HI/c1-6-16-15(18-12(2)3)17-10-14(5)19-9-7-8-13(4)11-19;/h12-14H,6-11H2,1-5H3,(H2,16,17,18);1H. The lowest BCUT2D eigenvalue weighted by atomic mass is 9.99. The van der Waals surface area contributed by atoms with E-state index < -0.39 is 0 Å². The Hall–Kier alpha value is -0.0400. The molecule has 120 valence electrons. The highest BCUT2D eigenvalue weighted by atomic mass is 127. The number of hydrogen-bond acceptors (Lipinski definition) is 2. The minimum atomic E-state index is 0. The molecule has 0 saturated carbocycles. The van der Waals surface area contributed by atoms with Gasteiger partial charge in [0.05, 0.1) is 6.54 Å². The van der Waals surface area contributed by atoms with Gasteiger partial charge < -0.3 is 10.6 Å². The van der Waals surface area contributed by atoms with Gasteiger partial charge >= 0.3 is 0 Å². The van der Waals surface area contributed by atoms with Crippen LogP contribution in [0.3, 0.4) is 0 Å². The van der Waals surface area contributed by atoms with Gasteiger partial charge in [0.25, 0.3) is 0 Å². The van der Waals surface area contributed by atoms with Gasteiger partial charge in [-0.15, -0.1) is 24.0 Å². The van der Waals surface area contributed by atoms with Crippen molar-refractivity contribution in [3.63, 3.8) is 0 Å². The number of halogens is 1. The molecule has 1 saturated heterocycles. The molecule has 1 aliphatic heterocycles. The Morgan fingerprint density at radius 1 is 1.35 bits per heavy atom. The van der Waals surface area contributed by atoms with Crippen LogP contribution in [0, 0.1) is 5.92 Å². The summed E-state index contributed by atoms with van der Waals surface area (Å²) in [6.07, 6.45) is 2.71. The van der Waals surface area contributed by atoms with Gasteiger partial charge in [-0.1, -0.05) is 6.92 Å². The lowest BCUT2D eigenvalue weighted by molar-refractivity contribution is 0.142. The van der Waals surface area contributed by atoms with Crippen LogP contribution in [-0.2, 0) is 0 Å². The zero-order chi connectivity index (χ0) is 14.3. The molecule has 1 heterocycles. The van der Waals surface area contributed by atoms with E-state index in [-0.39, 0.29) is 24.0 Å². The van der Waals surface area contributed by atoms with Crippen LogP contribution < -0.4 is 10.6 Å². The molecule has 2 N–H and O–H groups in total. The summed E-state index contributed by atoms with van der Waals surface area (Å²) >= 11 is 0. The van der Waals surface area contributed by atoms with E-state index in [1.807, 2.05) is 0 Å². The van der Waals surface area contributed by atoms with Gasteiger partial charge in [-0.3, -0.25) is 9.89 Å². The second-order valence-electron chi connectivity index (χ2n) is 6.11. The molecule has 0 aliphatic carbocycles. The highest BCUT2D eigenvalue weighted by Crippen LogP contribution is 2.17.